The van der Waals surface area contributed by atoms with Gasteiger partial charge in [-0.2, -0.15) is 0 Å². The molecule has 1 fully saturated rings. The lowest BCUT2D eigenvalue weighted by Gasteiger charge is -2.28. The van der Waals surface area contributed by atoms with Crippen LogP contribution in [0.25, 0.3) is 16.6 Å². The number of H-pyrrole nitrogens is 1. The Hall–Kier alpha value is -4.21. The molecule has 3 N–H and O–H groups in total. The van der Waals surface area contributed by atoms with Crippen LogP contribution in [0.3, 0.4) is 0 Å². The molecule has 1 aromatic heterocycles. The molecule has 0 bridgehead atoms. The number of hydrogen-bond acceptors (Lipinski definition) is 5. The van der Waals surface area contributed by atoms with Gasteiger partial charge >= 0.3 is 0 Å². The molecule has 9 heteroatoms. The van der Waals surface area contributed by atoms with Crippen molar-refractivity contribution in [1.29, 1.82) is 0 Å². The fraction of sp³-hybridized carbons (Fsp3) is 0.417. The molecule has 3 heterocycles. The van der Waals surface area contributed by atoms with Gasteiger partial charge in [0.2, 0.25) is 5.91 Å². The van der Waals surface area contributed by atoms with Crippen molar-refractivity contribution in [3.8, 4) is 5.69 Å². The molecule has 1 saturated heterocycles. The molecular formula is C36H44N4O5. The van der Waals surface area contributed by atoms with Gasteiger partial charge in [-0.1, -0.05) is 54.5 Å². The number of nitrogens with zero attached hydrogens (tertiary/aromatic N) is 3. The molecule has 5 rings (SSSR count). The molecule has 2 aliphatic rings. The zero-order valence-electron chi connectivity index (χ0n) is 26.6. The maximum atomic E-state index is 14.1. The standard InChI is InChI=1S/C36H44N4O5/c1-24(2)10-7-11-25(3)19-21-39-32-18-17-27(40-34(43)29-14-5-6-15-31(29)37-40)22-30(32)36(45,35(39)44)26(4)12-8-16-33(42)38-20-9-13-28(38)23-41/h5-6,8,10,12,14-15,17-19,22,26,28,37,41,45H,7,9,11,13,16,20-21,23H2,1-4H3/b12-8+,25-19+/t26-,28+,36+/m1/s1. The summed E-state index contributed by atoms with van der Waals surface area (Å²) < 4.78 is 1.43. The van der Waals surface area contributed by atoms with Crippen LogP contribution >= 0.6 is 0 Å². The first-order chi connectivity index (χ1) is 21.6. The van der Waals surface area contributed by atoms with E-state index in [0.717, 1.165) is 31.3 Å². The van der Waals surface area contributed by atoms with E-state index in [1.54, 1.807) is 53.1 Å². The van der Waals surface area contributed by atoms with Gasteiger partial charge in [0.05, 0.1) is 34.9 Å². The van der Waals surface area contributed by atoms with Crippen LogP contribution in [0.5, 0.6) is 0 Å². The molecule has 9 nitrogen and oxygen atoms in total. The van der Waals surface area contributed by atoms with Crippen LogP contribution in [0.2, 0.25) is 0 Å². The Kier molecular flexibility index (Phi) is 9.60. The van der Waals surface area contributed by atoms with Gasteiger partial charge in [0, 0.05) is 31.0 Å². The minimum atomic E-state index is -1.91. The molecule has 45 heavy (non-hydrogen) atoms. The van der Waals surface area contributed by atoms with Crippen molar-refractivity contribution in [3.63, 3.8) is 0 Å². The average Bonchev–Trinajstić information content (AvgIpc) is 3.70. The Morgan fingerprint density at radius 2 is 1.91 bits per heavy atom. The van der Waals surface area contributed by atoms with Crippen molar-refractivity contribution < 1.29 is 19.8 Å². The number of likely N-dealkylation sites (tertiary alicyclic amines) is 1. The zero-order valence-corrected chi connectivity index (χ0v) is 26.6. The van der Waals surface area contributed by atoms with E-state index in [4.69, 9.17) is 0 Å². The number of nitrogens with one attached hydrogen (secondary N) is 1. The maximum Gasteiger partial charge on any atom is 0.279 e. The summed E-state index contributed by atoms with van der Waals surface area (Å²) in [6.07, 6.45) is 11.2. The average molecular weight is 613 g/mol. The lowest BCUT2D eigenvalue weighted by Crippen LogP contribution is -2.44. The zero-order chi connectivity index (χ0) is 32.3. The largest absolute Gasteiger partial charge is 0.394 e. The van der Waals surface area contributed by atoms with Gasteiger partial charge in [-0.25, -0.2) is 4.68 Å². The van der Waals surface area contributed by atoms with Crippen LogP contribution in [0.1, 0.15) is 65.4 Å². The highest BCUT2D eigenvalue weighted by atomic mass is 16.3. The van der Waals surface area contributed by atoms with Crippen molar-refractivity contribution in [2.45, 2.75) is 71.4 Å². The maximum absolute atomic E-state index is 14.1. The number of aliphatic hydroxyl groups excluding tert-OH is 1. The Morgan fingerprint density at radius 3 is 2.64 bits per heavy atom. The molecule has 0 radical (unpaired) electrons. The van der Waals surface area contributed by atoms with E-state index in [1.807, 2.05) is 31.2 Å². The number of fused-ring (bicyclic) bond motifs is 2. The second-order valence-corrected chi connectivity index (χ2v) is 12.5. The quantitative estimate of drug-likeness (QED) is 0.260. The highest BCUT2D eigenvalue weighted by Crippen LogP contribution is 2.46. The summed E-state index contributed by atoms with van der Waals surface area (Å²) in [5.41, 5.74) is 2.47. The first-order valence-electron chi connectivity index (χ1n) is 15.8. The van der Waals surface area contributed by atoms with Crippen LogP contribution in [0.4, 0.5) is 5.69 Å². The minimum Gasteiger partial charge on any atom is -0.394 e. The molecule has 0 saturated carbocycles. The number of carbonyl (C=O) groups is 2. The normalized spacial score (nSPS) is 20.8. The van der Waals surface area contributed by atoms with Crippen molar-refractivity contribution in [1.82, 2.24) is 14.7 Å². The van der Waals surface area contributed by atoms with Crippen molar-refractivity contribution in [2.75, 3.05) is 24.6 Å². The Labute approximate surface area is 264 Å². The lowest BCUT2D eigenvalue weighted by atomic mass is 9.82. The molecule has 238 valence electrons. The van der Waals surface area contributed by atoms with Crippen LogP contribution in [0, 0.1) is 5.92 Å². The molecular weight excluding hydrogens is 568 g/mol. The summed E-state index contributed by atoms with van der Waals surface area (Å²) in [4.78, 5) is 43.5. The van der Waals surface area contributed by atoms with Crippen molar-refractivity contribution >= 4 is 28.4 Å². The third-order valence-electron chi connectivity index (χ3n) is 9.10. The lowest BCUT2D eigenvalue weighted by molar-refractivity contribution is -0.139. The number of benzene rings is 2. The number of carbonyl (C=O) groups excluding carboxylic acids is 2. The van der Waals surface area contributed by atoms with E-state index in [-0.39, 0.29) is 30.5 Å². The first-order valence-corrected chi connectivity index (χ1v) is 15.8. The highest BCUT2D eigenvalue weighted by Gasteiger charge is 2.52. The summed E-state index contributed by atoms with van der Waals surface area (Å²) in [7, 11) is 0. The number of aliphatic hydroxyl groups is 2. The van der Waals surface area contributed by atoms with Crippen molar-refractivity contribution in [3.05, 3.63) is 93.8 Å². The summed E-state index contributed by atoms with van der Waals surface area (Å²) >= 11 is 0. The number of amides is 2. The molecule has 3 aromatic rings. The summed E-state index contributed by atoms with van der Waals surface area (Å²) in [5, 5.41) is 25.5. The summed E-state index contributed by atoms with van der Waals surface area (Å²) in [6, 6.07) is 12.4. The van der Waals surface area contributed by atoms with Crippen molar-refractivity contribution in [2.24, 2.45) is 5.92 Å². The smallest absolute Gasteiger partial charge is 0.279 e. The number of rotatable bonds is 11. The fourth-order valence-electron chi connectivity index (χ4n) is 6.42. The molecule has 2 aromatic carbocycles. The second-order valence-electron chi connectivity index (χ2n) is 12.5. The van der Waals surface area contributed by atoms with Crippen LogP contribution in [-0.2, 0) is 15.2 Å². The molecule has 3 atom stereocenters. The van der Waals surface area contributed by atoms with E-state index in [2.05, 4.69) is 25.0 Å². The molecule has 0 aliphatic carbocycles. The Balaban J connectivity index is 1.47. The number of allylic oxidation sites excluding steroid dienone is 3. The number of anilines is 1. The van der Waals surface area contributed by atoms with Gasteiger partial charge in [-0.3, -0.25) is 19.5 Å². The molecule has 0 unspecified atom stereocenters. The van der Waals surface area contributed by atoms with Gasteiger partial charge < -0.3 is 20.0 Å². The van der Waals surface area contributed by atoms with Gasteiger partial charge in [0.15, 0.2) is 5.60 Å². The van der Waals surface area contributed by atoms with Crippen LogP contribution in [-0.4, -0.2) is 62.4 Å². The van der Waals surface area contributed by atoms with Gasteiger partial charge in [0.25, 0.3) is 11.5 Å². The number of hydrogen-bond donors (Lipinski definition) is 3. The predicted molar refractivity (Wildman–Crippen MR) is 177 cm³/mol. The number of aromatic nitrogens is 2. The fourth-order valence-corrected chi connectivity index (χ4v) is 6.42. The van der Waals surface area contributed by atoms with E-state index in [9.17, 15) is 24.6 Å². The van der Waals surface area contributed by atoms with E-state index in [0.29, 0.717) is 40.9 Å². The SMILES string of the molecule is CC(C)=CCC/C(C)=C/CN1C(=O)[C@](O)([C@H](C)/C=C/CC(=O)N2CCC[C@H]2CO)c2cc(-n3[nH]c4ccccc4c3=O)ccc21. The van der Waals surface area contributed by atoms with Gasteiger partial charge in [-0.05, 0) is 76.8 Å². The Bertz CT molecular complexity index is 1730. The van der Waals surface area contributed by atoms with Gasteiger partial charge in [0.1, 0.15) is 0 Å². The minimum absolute atomic E-state index is 0.0581. The first kappa shape index (κ1) is 32.2. The third-order valence-corrected chi connectivity index (χ3v) is 9.10. The van der Waals surface area contributed by atoms with E-state index < -0.39 is 17.4 Å². The third kappa shape index (κ3) is 6.32. The summed E-state index contributed by atoms with van der Waals surface area (Å²) in [5.74, 6) is -1.21. The molecule has 2 aliphatic heterocycles. The summed E-state index contributed by atoms with van der Waals surface area (Å²) in [6.45, 7) is 8.81. The highest BCUT2D eigenvalue weighted by molar-refractivity contribution is 6.07. The van der Waals surface area contributed by atoms with E-state index >= 15 is 0 Å². The number of para-hydroxylation sites is 1. The molecule has 2 amide bonds. The van der Waals surface area contributed by atoms with Crippen LogP contribution < -0.4 is 10.5 Å². The molecule has 0 spiro atoms. The van der Waals surface area contributed by atoms with Gasteiger partial charge in [-0.15, -0.1) is 0 Å². The topological polar surface area (TPSA) is 119 Å². The van der Waals surface area contributed by atoms with E-state index in [1.165, 1.54) is 10.3 Å². The monoisotopic (exact) mass is 612 g/mol. The van der Waals surface area contributed by atoms with Crippen LogP contribution in [0.15, 0.2) is 82.7 Å². The number of aromatic amines is 1. The predicted octanol–water partition coefficient (Wildman–Crippen LogP) is 5.11. The second kappa shape index (κ2) is 13.4. The Morgan fingerprint density at radius 1 is 1.13 bits per heavy atom.